The minimum atomic E-state index is -2.83. The van der Waals surface area contributed by atoms with Crippen LogP contribution in [0.2, 0.25) is 0 Å². The number of hydrogen-bond acceptors (Lipinski definition) is 2. The van der Waals surface area contributed by atoms with Crippen LogP contribution >= 0.6 is 0 Å². The molecule has 0 radical (unpaired) electrons. The fourth-order valence-electron chi connectivity index (χ4n) is 9.49. The summed E-state index contributed by atoms with van der Waals surface area (Å²) >= 11 is 0. The summed E-state index contributed by atoms with van der Waals surface area (Å²) in [5.74, 6) is 0. The van der Waals surface area contributed by atoms with E-state index in [0.717, 1.165) is 22.7 Å². The smallest absolute Gasteiger partial charge is 0.184 e. The maximum Gasteiger partial charge on any atom is 0.184 e. The van der Waals surface area contributed by atoms with Crippen LogP contribution in [0.1, 0.15) is 0 Å². The molecule has 10 aromatic rings. The van der Waals surface area contributed by atoms with Crippen molar-refractivity contribution in [3.63, 3.8) is 0 Å². The molecule has 0 saturated heterocycles. The van der Waals surface area contributed by atoms with Gasteiger partial charge in [0.2, 0.25) is 0 Å². The summed E-state index contributed by atoms with van der Waals surface area (Å²) in [5, 5.41) is 8.03. The molecular formula is C58H42N2Si. The van der Waals surface area contributed by atoms with E-state index < -0.39 is 8.07 Å². The molecule has 1 heterocycles. The van der Waals surface area contributed by atoms with Gasteiger partial charge in [-0.2, -0.15) is 0 Å². The molecule has 0 saturated carbocycles. The minimum Gasteiger partial charge on any atom is -0.311 e. The van der Waals surface area contributed by atoms with Crippen LogP contribution in [0, 0.1) is 0 Å². The van der Waals surface area contributed by atoms with Crippen LogP contribution in [-0.2, 0) is 0 Å². The average molecular weight is 795 g/mol. The molecule has 10 aromatic carbocycles. The standard InChI is InChI=1S/C58H42N2Si/c1-5-19-49(20-6-1)59(51-36-31-44(32-37-51)47-30-29-43-17-13-14-18-46(43)41-47)52-38-33-45(34-39-52)48-35-40-56-58(42-48)61(53-23-9-3-10-24-53,54-25-11-4-12-26-54)57-28-16-15-27-55(57)60(56)50-21-7-2-8-22-50/h1-42H. The molecule has 1 aliphatic rings. The van der Waals surface area contributed by atoms with E-state index in [1.54, 1.807) is 0 Å². The first-order valence-electron chi connectivity index (χ1n) is 21.0. The zero-order chi connectivity index (χ0) is 40.6. The molecule has 1 aliphatic heterocycles. The lowest BCUT2D eigenvalue weighted by molar-refractivity contribution is 1.28. The highest BCUT2D eigenvalue weighted by molar-refractivity contribution is 7.21. The third kappa shape index (κ3) is 6.35. The highest BCUT2D eigenvalue weighted by atomic mass is 28.3. The molecule has 0 spiro atoms. The van der Waals surface area contributed by atoms with E-state index in [4.69, 9.17) is 0 Å². The van der Waals surface area contributed by atoms with E-state index in [1.807, 2.05) is 0 Å². The van der Waals surface area contributed by atoms with Crippen molar-refractivity contribution in [1.82, 2.24) is 0 Å². The van der Waals surface area contributed by atoms with Crippen LogP contribution < -0.4 is 30.5 Å². The van der Waals surface area contributed by atoms with Crippen molar-refractivity contribution in [1.29, 1.82) is 0 Å². The monoisotopic (exact) mass is 794 g/mol. The molecule has 61 heavy (non-hydrogen) atoms. The maximum absolute atomic E-state index is 2.83. The first kappa shape index (κ1) is 36.4. The van der Waals surface area contributed by atoms with Gasteiger partial charge in [0.1, 0.15) is 0 Å². The third-order valence-electron chi connectivity index (χ3n) is 12.3. The van der Waals surface area contributed by atoms with Crippen LogP contribution in [0.3, 0.4) is 0 Å². The molecule has 0 amide bonds. The van der Waals surface area contributed by atoms with Gasteiger partial charge >= 0.3 is 0 Å². The van der Waals surface area contributed by atoms with Gasteiger partial charge in [0.05, 0.1) is 0 Å². The Morgan fingerprint density at radius 3 is 1.36 bits per heavy atom. The zero-order valence-corrected chi connectivity index (χ0v) is 34.6. The van der Waals surface area contributed by atoms with Gasteiger partial charge in [-0.1, -0.05) is 188 Å². The van der Waals surface area contributed by atoms with Crippen molar-refractivity contribution >= 4 is 73.7 Å². The van der Waals surface area contributed by atoms with Crippen LogP contribution in [0.5, 0.6) is 0 Å². The van der Waals surface area contributed by atoms with Gasteiger partial charge in [0.25, 0.3) is 0 Å². The number of fused-ring (bicyclic) bond motifs is 3. The summed E-state index contributed by atoms with van der Waals surface area (Å²) in [6.07, 6.45) is 0. The molecule has 0 N–H and O–H groups in total. The summed E-state index contributed by atoms with van der Waals surface area (Å²) in [6, 6.07) is 93.6. The maximum atomic E-state index is 2.50. The molecular weight excluding hydrogens is 753 g/mol. The molecule has 11 rings (SSSR count). The van der Waals surface area contributed by atoms with Crippen molar-refractivity contribution < 1.29 is 0 Å². The van der Waals surface area contributed by atoms with Crippen LogP contribution in [0.4, 0.5) is 34.1 Å². The van der Waals surface area contributed by atoms with Gasteiger partial charge in [-0.05, 0) is 121 Å². The Kier molecular flexibility index (Phi) is 9.22. The Balaban J connectivity index is 1.04. The lowest BCUT2D eigenvalue weighted by Crippen LogP contribution is -2.77. The highest BCUT2D eigenvalue weighted by Gasteiger charge is 2.48. The number of nitrogens with zero attached hydrogens (tertiary/aromatic N) is 2. The van der Waals surface area contributed by atoms with E-state index in [2.05, 4.69) is 265 Å². The first-order chi connectivity index (χ1) is 30.3. The van der Waals surface area contributed by atoms with Gasteiger partial charge in [-0.3, -0.25) is 0 Å². The summed E-state index contributed by atoms with van der Waals surface area (Å²) in [7, 11) is -2.83. The summed E-state index contributed by atoms with van der Waals surface area (Å²) in [6.45, 7) is 0. The highest BCUT2D eigenvalue weighted by Crippen LogP contribution is 2.41. The second-order valence-corrected chi connectivity index (χ2v) is 19.5. The van der Waals surface area contributed by atoms with Gasteiger partial charge in [0.15, 0.2) is 8.07 Å². The summed E-state index contributed by atoms with van der Waals surface area (Å²) in [4.78, 5) is 4.82. The Hall–Kier alpha value is -7.72. The predicted octanol–water partition coefficient (Wildman–Crippen LogP) is 12.8. The van der Waals surface area contributed by atoms with Crippen LogP contribution in [0.25, 0.3) is 33.0 Å². The fourth-order valence-corrected chi connectivity index (χ4v) is 14.6. The molecule has 0 aliphatic carbocycles. The molecule has 2 nitrogen and oxygen atoms in total. The Bertz CT molecular complexity index is 3070. The molecule has 0 aromatic heterocycles. The van der Waals surface area contributed by atoms with E-state index in [1.165, 1.54) is 65.1 Å². The van der Waals surface area contributed by atoms with Crippen molar-refractivity contribution in [2.24, 2.45) is 0 Å². The van der Waals surface area contributed by atoms with E-state index >= 15 is 0 Å². The molecule has 288 valence electrons. The van der Waals surface area contributed by atoms with E-state index in [0.29, 0.717) is 0 Å². The molecule has 0 fully saturated rings. The number of hydrogen-bond donors (Lipinski definition) is 0. The van der Waals surface area contributed by atoms with Crippen LogP contribution in [-0.4, -0.2) is 8.07 Å². The minimum absolute atomic E-state index is 1.10. The average Bonchev–Trinajstić information content (AvgIpc) is 3.34. The zero-order valence-electron chi connectivity index (χ0n) is 33.6. The topological polar surface area (TPSA) is 6.48 Å². The Labute approximate surface area is 358 Å². The molecule has 3 heteroatoms. The SMILES string of the molecule is c1ccc(N(c2ccc(-c3ccc4c(c3)[Si](c3ccccc3)(c3ccccc3)c3ccccc3N4c3ccccc3)cc2)c2ccc(-c3ccc4ccccc4c3)cc2)cc1. The van der Waals surface area contributed by atoms with Crippen LogP contribution in [0.15, 0.2) is 255 Å². The van der Waals surface area contributed by atoms with Crippen molar-refractivity contribution in [3.05, 3.63) is 255 Å². The van der Waals surface area contributed by atoms with Crippen molar-refractivity contribution in [3.8, 4) is 22.3 Å². The van der Waals surface area contributed by atoms with Crippen molar-refractivity contribution in [2.45, 2.75) is 0 Å². The molecule has 0 unspecified atom stereocenters. The quantitative estimate of drug-likeness (QED) is 0.141. The number of rotatable bonds is 8. The van der Waals surface area contributed by atoms with Gasteiger partial charge < -0.3 is 9.80 Å². The van der Waals surface area contributed by atoms with Gasteiger partial charge in [-0.25, -0.2) is 0 Å². The second-order valence-electron chi connectivity index (χ2n) is 15.7. The lowest BCUT2D eigenvalue weighted by atomic mass is 10.0. The summed E-state index contributed by atoms with van der Waals surface area (Å²) < 4.78 is 0. The molecule has 0 bridgehead atoms. The van der Waals surface area contributed by atoms with E-state index in [-0.39, 0.29) is 0 Å². The van der Waals surface area contributed by atoms with Gasteiger partial charge in [-0.15, -0.1) is 0 Å². The summed E-state index contributed by atoms with van der Waals surface area (Å²) in [5.41, 5.74) is 11.7. The molecule has 0 atom stereocenters. The second kappa shape index (κ2) is 15.5. The van der Waals surface area contributed by atoms with E-state index in [9.17, 15) is 0 Å². The van der Waals surface area contributed by atoms with Gasteiger partial charge in [0, 0.05) is 34.1 Å². The predicted molar refractivity (Wildman–Crippen MR) is 261 cm³/mol. The normalized spacial score (nSPS) is 12.7. The fraction of sp³-hybridized carbons (Fsp3) is 0. The Morgan fingerprint density at radius 2 is 0.738 bits per heavy atom. The first-order valence-corrected chi connectivity index (χ1v) is 23.0. The number of benzene rings is 10. The largest absolute Gasteiger partial charge is 0.311 e. The van der Waals surface area contributed by atoms with Crippen molar-refractivity contribution in [2.75, 3.05) is 9.80 Å². The number of anilines is 6. The lowest BCUT2D eigenvalue weighted by Gasteiger charge is -2.45. The Morgan fingerprint density at radius 1 is 0.295 bits per heavy atom. The third-order valence-corrected chi connectivity index (χ3v) is 17.1. The number of para-hydroxylation sites is 3.